The zero-order valence-corrected chi connectivity index (χ0v) is 10.4. The van der Waals surface area contributed by atoms with E-state index >= 15 is 0 Å². The molecule has 3 nitrogen and oxygen atoms in total. The average Bonchev–Trinajstić information content (AvgIpc) is 2.13. The lowest BCUT2D eigenvalue weighted by molar-refractivity contribution is 0.690. The highest BCUT2D eigenvalue weighted by Gasteiger charge is 1.99. The van der Waals surface area contributed by atoms with Gasteiger partial charge in [0.2, 0.25) is 0 Å². The normalized spacial score (nSPS) is 9.80. The first-order valence-electron chi connectivity index (χ1n) is 4.37. The topological polar surface area (TPSA) is 36.1 Å². The number of benzene rings is 1. The molecule has 0 heterocycles. The summed E-state index contributed by atoms with van der Waals surface area (Å²) in [6, 6.07) is 5.15. The summed E-state index contributed by atoms with van der Waals surface area (Å²) < 4.78 is 0. The van der Waals surface area contributed by atoms with Gasteiger partial charge in [-0.3, -0.25) is 5.43 Å². The molecule has 0 aliphatic heterocycles. The van der Waals surface area contributed by atoms with E-state index in [9.17, 15) is 0 Å². The Morgan fingerprint density at radius 3 is 2.40 bits per heavy atom. The summed E-state index contributed by atoms with van der Waals surface area (Å²) in [6.07, 6.45) is 0. The highest BCUT2D eigenvalue weighted by Crippen LogP contribution is 2.22. The van der Waals surface area contributed by atoms with E-state index in [4.69, 9.17) is 35.4 Å². The number of thiocarbonyl (C=S) groups is 1. The molecule has 0 saturated heterocycles. The fraction of sp³-hybridized carbons (Fsp3) is 0.222. The second-order valence-electron chi connectivity index (χ2n) is 2.77. The third-order valence-corrected chi connectivity index (χ3v) is 2.14. The minimum absolute atomic E-state index is 0.468. The fourth-order valence-electron chi connectivity index (χ4n) is 0.957. The fourth-order valence-corrected chi connectivity index (χ4v) is 1.67. The van der Waals surface area contributed by atoms with Crippen molar-refractivity contribution in [2.75, 3.05) is 11.9 Å². The molecule has 0 aliphatic rings. The maximum absolute atomic E-state index is 5.83. The Morgan fingerprint density at radius 2 is 1.87 bits per heavy atom. The van der Waals surface area contributed by atoms with Gasteiger partial charge in [-0.2, -0.15) is 0 Å². The first-order chi connectivity index (χ1) is 7.11. The molecule has 1 rings (SSSR count). The molecule has 1 aromatic rings. The van der Waals surface area contributed by atoms with Crippen LogP contribution in [0.1, 0.15) is 6.92 Å². The van der Waals surface area contributed by atoms with E-state index in [1.165, 1.54) is 0 Å². The Hall–Kier alpha value is -0.550. The van der Waals surface area contributed by atoms with Crippen molar-refractivity contribution in [1.29, 1.82) is 0 Å². The van der Waals surface area contributed by atoms with Crippen LogP contribution in [0.25, 0.3) is 0 Å². The monoisotopic (exact) mass is 263 g/mol. The van der Waals surface area contributed by atoms with Crippen LogP contribution in [0.4, 0.5) is 5.69 Å². The summed E-state index contributed by atoms with van der Waals surface area (Å²) in [7, 11) is 0. The predicted molar refractivity (Wildman–Crippen MR) is 69.5 cm³/mol. The highest BCUT2D eigenvalue weighted by atomic mass is 35.5. The molecule has 0 saturated carbocycles. The number of rotatable bonds is 3. The van der Waals surface area contributed by atoms with Gasteiger partial charge in [-0.05, 0) is 30.4 Å². The van der Waals surface area contributed by atoms with Crippen molar-refractivity contribution in [2.24, 2.45) is 0 Å². The zero-order chi connectivity index (χ0) is 11.3. The minimum Gasteiger partial charge on any atom is -0.332 e. The maximum Gasteiger partial charge on any atom is 0.185 e. The molecule has 1 aromatic carbocycles. The summed E-state index contributed by atoms with van der Waals surface area (Å²) in [5.41, 5.74) is 6.43. The molecule has 0 atom stereocenters. The SMILES string of the molecule is CCNNC(=S)Nc1cc(Cl)cc(Cl)c1. The Kier molecular flexibility index (Phi) is 5.11. The molecule has 0 aliphatic carbocycles. The van der Waals surface area contributed by atoms with Gasteiger partial charge in [0.25, 0.3) is 0 Å². The molecule has 0 amide bonds. The third kappa shape index (κ3) is 4.66. The van der Waals surface area contributed by atoms with E-state index in [2.05, 4.69) is 16.2 Å². The standard InChI is InChI=1S/C9H11Cl2N3S/c1-2-12-14-9(15)13-8-4-6(10)3-7(11)5-8/h3-5,12H,2H2,1H3,(H2,13,14,15). The summed E-state index contributed by atoms with van der Waals surface area (Å²) >= 11 is 16.7. The van der Waals surface area contributed by atoms with Crippen LogP contribution in [0.15, 0.2) is 18.2 Å². The summed E-state index contributed by atoms with van der Waals surface area (Å²) in [5.74, 6) is 0. The summed E-state index contributed by atoms with van der Waals surface area (Å²) in [4.78, 5) is 0. The van der Waals surface area contributed by atoms with Crippen LogP contribution in [-0.4, -0.2) is 11.7 Å². The maximum atomic E-state index is 5.83. The molecule has 0 spiro atoms. The Bertz CT molecular complexity index is 337. The first-order valence-corrected chi connectivity index (χ1v) is 5.54. The molecule has 0 aromatic heterocycles. The lowest BCUT2D eigenvalue weighted by Gasteiger charge is -2.10. The van der Waals surface area contributed by atoms with Crippen LogP contribution in [-0.2, 0) is 0 Å². The van der Waals surface area contributed by atoms with Crippen molar-refractivity contribution in [3.05, 3.63) is 28.2 Å². The van der Waals surface area contributed by atoms with E-state index in [-0.39, 0.29) is 0 Å². The first kappa shape index (κ1) is 12.5. The molecular weight excluding hydrogens is 253 g/mol. The molecule has 3 N–H and O–H groups in total. The quantitative estimate of drug-likeness (QED) is 0.579. The van der Waals surface area contributed by atoms with Gasteiger partial charge in [-0.15, -0.1) is 0 Å². The van der Waals surface area contributed by atoms with E-state index in [0.717, 1.165) is 12.2 Å². The Morgan fingerprint density at radius 1 is 1.27 bits per heavy atom. The number of anilines is 1. The Balaban J connectivity index is 2.60. The smallest absolute Gasteiger partial charge is 0.185 e. The van der Waals surface area contributed by atoms with Gasteiger partial charge in [0.15, 0.2) is 5.11 Å². The van der Waals surface area contributed by atoms with Crippen LogP contribution in [0.3, 0.4) is 0 Å². The van der Waals surface area contributed by atoms with Crippen molar-refractivity contribution in [1.82, 2.24) is 10.9 Å². The van der Waals surface area contributed by atoms with Crippen molar-refractivity contribution in [3.63, 3.8) is 0 Å². The molecular formula is C9H11Cl2N3S. The van der Waals surface area contributed by atoms with Gasteiger partial charge < -0.3 is 5.32 Å². The minimum atomic E-state index is 0.468. The van der Waals surface area contributed by atoms with Crippen molar-refractivity contribution in [3.8, 4) is 0 Å². The van der Waals surface area contributed by atoms with Crippen molar-refractivity contribution < 1.29 is 0 Å². The van der Waals surface area contributed by atoms with E-state index in [1.54, 1.807) is 18.2 Å². The van der Waals surface area contributed by atoms with Crippen LogP contribution >= 0.6 is 35.4 Å². The van der Waals surface area contributed by atoms with E-state index < -0.39 is 0 Å². The molecule has 0 bridgehead atoms. The molecule has 6 heteroatoms. The average molecular weight is 264 g/mol. The van der Waals surface area contributed by atoms with Gasteiger partial charge in [-0.25, -0.2) is 5.43 Å². The Labute approximate surface area is 104 Å². The molecule has 0 fully saturated rings. The number of nitrogens with one attached hydrogen (secondary N) is 3. The molecule has 0 radical (unpaired) electrons. The lowest BCUT2D eigenvalue weighted by Crippen LogP contribution is -2.39. The zero-order valence-electron chi connectivity index (χ0n) is 8.10. The van der Waals surface area contributed by atoms with Crippen LogP contribution < -0.4 is 16.2 Å². The van der Waals surface area contributed by atoms with Gasteiger partial charge in [0.1, 0.15) is 0 Å². The lowest BCUT2D eigenvalue weighted by atomic mass is 10.3. The van der Waals surface area contributed by atoms with Crippen LogP contribution in [0, 0.1) is 0 Å². The number of hydrogen-bond acceptors (Lipinski definition) is 2. The van der Waals surface area contributed by atoms with Gasteiger partial charge in [0.05, 0.1) is 0 Å². The van der Waals surface area contributed by atoms with Crippen molar-refractivity contribution >= 4 is 46.2 Å². The van der Waals surface area contributed by atoms with Crippen molar-refractivity contribution in [2.45, 2.75) is 6.92 Å². The summed E-state index contributed by atoms with van der Waals surface area (Å²) in [6.45, 7) is 2.74. The number of hydrogen-bond donors (Lipinski definition) is 3. The highest BCUT2D eigenvalue weighted by molar-refractivity contribution is 7.80. The van der Waals surface area contributed by atoms with Crippen LogP contribution in [0.2, 0.25) is 10.0 Å². The molecule has 0 unspecified atom stereocenters. The van der Waals surface area contributed by atoms with Gasteiger partial charge >= 0.3 is 0 Å². The number of hydrazine groups is 1. The third-order valence-electron chi connectivity index (χ3n) is 1.50. The van der Waals surface area contributed by atoms with E-state index in [1.807, 2.05) is 6.92 Å². The number of halogens is 2. The second kappa shape index (κ2) is 6.12. The molecule has 15 heavy (non-hydrogen) atoms. The van der Waals surface area contributed by atoms with Crippen LogP contribution in [0.5, 0.6) is 0 Å². The van der Waals surface area contributed by atoms with Gasteiger partial charge in [0, 0.05) is 22.3 Å². The predicted octanol–water partition coefficient (Wildman–Crippen LogP) is 2.80. The second-order valence-corrected chi connectivity index (χ2v) is 4.05. The van der Waals surface area contributed by atoms with Gasteiger partial charge in [-0.1, -0.05) is 30.1 Å². The van der Waals surface area contributed by atoms with E-state index in [0.29, 0.717) is 15.2 Å². The molecule has 82 valence electrons. The summed E-state index contributed by atoms with van der Waals surface area (Å²) in [5, 5.41) is 4.55. The largest absolute Gasteiger partial charge is 0.332 e.